The summed E-state index contributed by atoms with van der Waals surface area (Å²) in [7, 11) is 0. The van der Waals surface area contributed by atoms with Crippen LogP contribution in [0.1, 0.15) is 67.8 Å². The molecule has 3 nitrogen and oxygen atoms in total. The second-order valence-corrected chi connectivity index (χ2v) is 6.92. The van der Waals surface area contributed by atoms with Gasteiger partial charge in [-0.2, -0.15) is 0 Å². The van der Waals surface area contributed by atoms with Gasteiger partial charge in [-0.25, -0.2) is 0 Å². The highest BCUT2D eigenvalue weighted by atomic mass is 16.5. The van der Waals surface area contributed by atoms with Gasteiger partial charge in [0.05, 0.1) is 12.2 Å². The maximum Gasteiger partial charge on any atom is 0.254 e. The van der Waals surface area contributed by atoms with Gasteiger partial charge in [0, 0.05) is 18.7 Å². The molecule has 0 N–H and O–H groups in total. The largest absolute Gasteiger partial charge is 0.372 e. The van der Waals surface area contributed by atoms with Crippen molar-refractivity contribution in [2.24, 2.45) is 0 Å². The van der Waals surface area contributed by atoms with Crippen LogP contribution in [0, 0.1) is 0 Å². The lowest BCUT2D eigenvalue weighted by Gasteiger charge is -2.35. The molecule has 3 heteroatoms. The van der Waals surface area contributed by atoms with E-state index in [0.717, 1.165) is 5.56 Å². The van der Waals surface area contributed by atoms with E-state index in [-0.39, 0.29) is 18.1 Å². The van der Waals surface area contributed by atoms with Crippen LogP contribution in [0.4, 0.5) is 0 Å². The zero-order chi connectivity index (χ0) is 15.5. The third-order valence-corrected chi connectivity index (χ3v) is 4.94. The molecule has 1 saturated carbocycles. The number of carbonyl (C=O) groups is 1. The maximum atomic E-state index is 12.6. The first-order valence-electron chi connectivity index (χ1n) is 8.68. The Bertz CT molecular complexity index is 495. The summed E-state index contributed by atoms with van der Waals surface area (Å²) < 4.78 is 5.71. The number of amides is 1. The normalized spacial score (nSPS) is 26.9. The number of hydrogen-bond acceptors (Lipinski definition) is 2. The fraction of sp³-hybridized carbons (Fsp3) is 0.632. The fourth-order valence-electron chi connectivity index (χ4n) is 3.86. The highest BCUT2D eigenvalue weighted by molar-refractivity contribution is 5.94. The number of rotatable bonds is 2. The Balaban J connectivity index is 1.68. The summed E-state index contributed by atoms with van der Waals surface area (Å²) in [6.45, 7) is 5.44. The van der Waals surface area contributed by atoms with Crippen LogP contribution < -0.4 is 0 Å². The molecule has 2 fully saturated rings. The minimum absolute atomic E-state index is 0.120. The van der Waals surface area contributed by atoms with Crippen molar-refractivity contribution in [3.63, 3.8) is 0 Å². The molecule has 2 unspecified atom stereocenters. The molecule has 22 heavy (non-hydrogen) atoms. The quantitative estimate of drug-likeness (QED) is 0.827. The zero-order valence-corrected chi connectivity index (χ0v) is 13.8. The molecule has 1 heterocycles. The molecule has 2 aliphatic rings. The third kappa shape index (κ3) is 3.52. The molecule has 120 valence electrons. The predicted octanol–water partition coefficient (Wildman–Crippen LogP) is 3.98. The highest BCUT2D eigenvalue weighted by Crippen LogP contribution is 2.32. The number of hydrogen-bond donors (Lipinski definition) is 0. The van der Waals surface area contributed by atoms with Gasteiger partial charge < -0.3 is 9.64 Å². The Morgan fingerprint density at radius 2 is 1.59 bits per heavy atom. The van der Waals surface area contributed by atoms with Crippen molar-refractivity contribution < 1.29 is 9.53 Å². The fourth-order valence-corrected chi connectivity index (χ4v) is 3.86. The van der Waals surface area contributed by atoms with Crippen molar-refractivity contribution in [1.82, 2.24) is 4.90 Å². The second-order valence-electron chi connectivity index (χ2n) is 6.92. The summed E-state index contributed by atoms with van der Waals surface area (Å²) >= 11 is 0. The van der Waals surface area contributed by atoms with E-state index >= 15 is 0 Å². The second kappa shape index (κ2) is 6.82. The molecule has 0 spiro atoms. The predicted molar refractivity (Wildman–Crippen MR) is 88.2 cm³/mol. The lowest BCUT2D eigenvalue weighted by atomic mass is 9.84. The number of morpholine rings is 1. The van der Waals surface area contributed by atoms with E-state index in [0.29, 0.717) is 19.0 Å². The van der Waals surface area contributed by atoms with E-state index in [1.807, 2.05) is 30.9 Å². The van der Waals surface area contributed by atoms with Crippen LogP contribution in [0.15, 0.2) is 24.3 Å². The van der Waals surface area contributed by atoms with Crippen molar-refractivity contribution in [2.75, 3.05) is 13.1 Å². The third-order valence-electron chi connectivity index (χ3n) is 4.94. The average Bonchev–Trinajstić information content (AvgIpc) is 2.54. The van der Waals surface area contributed by atoms with Crippen LogP contribution in [0.2, 0.25) is 0 Å². The summed E-state index contributed by atoms with van der Waals surface area (Å²) in [6, 6.07) is 8.35. The average molecular weight is 301 g/mol. The van der Waals surface area contributed by atoms with Gasteiger partial charge in [-0.1, -0.05) is 31.4 Å². The van der Waals surface area contributed by atoms with Crippen LogP contribution in [-0.4, -0.2) is 36.1 Å². The molecule has 1 aliphatic heterocycles. The summed E-state index contributed by atoms with van der Waals surface area (Å²) in [6.07, 6.45) is 6.89. The van der Waals surface area contributed by atoms with Gasteiger partial charge in [0.1, 0.15) is 0 Å². The molecular formula is C19H27NO2. The monoisotopic (exact) mass is 301 g/mol. The topological polar surface area (TPSA) is 29.5 Å². The molecule has 1 amide bonds. The maximum absolute atomic E-state index is 12.6. The lowest BCUT2D eigenvalue weighted by molar-refractivity contribution is -0.0586. The number of ether oxygens (including phenoxy) is 1. The van der Waals surface area contributed by atoms with Crippen LogP contribution in [-0.2, 0) is 4.74 Å². The van der Waals surface area contributed by atoms with Crippen molar-refractivity contribution in [3.8, 4) is 0 Å². The van der Waals surface area contributed by atoms with Gasteiger partial charge in [0.15, 0.2) is 0 Å². The van der Waals surface area contributed by atoms with Gasteiger partial charge in [-0.3, -0.25) is 4.79 Å². The SMILES string of the molecule is CC1CN(C(=O)c2ccc(C3CCCCC3)cc2)CC(C)O1. The Hall–Kier alpha value is -1.35. The molecule has 1 aliphatic carbocycles. The summed E-state index contributed by atoms with van der Waals surface area (Å²) in [4.78, 5) is 14.6. The molecule has 3 rings (SSSR count). The van der Waals surface area contributed by atoms with Crippen molar-refractivity contribution in [2.45, 2.75) is 64.1 Å². The molecule has 0 bridgehead atoms. The molecule has 1 aromatic carbocycles. The molecule has 0 aromatic heterocycles. The lowest BCUT2D eigenvalue weighted by Crippen LogP contribution is -2.48. The highest BCUT2D eigenvalue weighted by Gasteiger charge is 2.26. The summed E-state index contributed by atoms with van der Waals surface area (Å²) in [5.41, 5.74) is 2.21. The number of carbonyl (C=O) groups excluding carboxylic acids is 1. The molecule has 2 atom stereocenters. The van der Waals surface area contributed by atoms with Crippen LogP contribution in [0.5, 0.6) is 0 Å². The van der Waals surface area contributed by atoms with E-state index < -0.39 is 0 Å². The molecular weight excluding hydrogens is 274 g/mol. The van der Waals surface area contributed by atoms with Crippen molar-refractivity contribution in [3.05, 3.63) is 35.4 Å². The van der Waals surface area contributed by atoms with Crippen LogP contribution in [0.3, 0.4) is 0 Å². The first-order chi connectivity index (χ1) is 10.6. The first-order valence-corrected chi connectivity index (χ1v) is 8.68. The Morgan fingerprint density at radius 3 is 2.18 bits per heavy atom. The van der Waals surface area contributed by atoms with Gasteiger partial charge in [0.2, 0.25) is 0 Å². The van der Waals surface area contributed by atoms with E-state index in [1.165, 1.54) is 37.7 Å². The molecule has 1 aromatic rings. The smallest absolute Gasteiger partial charge is 0.254 e. The minimum atomic E-state index is 0.120. The number of benzene rings is 1. The Morgan fingerprint density at radius 1 is 1.00 bits per heavy atom. The first kappa shape index (κ1) is 15.5. The van der Waals surface area contributed by atoms with Crippen LogP contribution >= 0.6 is 0 Å². The van der Waals surface area contributed by atoms with Gasteiger partial charge in [-0.15, -0.1) is 0 Å². The van der Waals surface area contributed by atoms with E-state index in [4.69, 9.17) is 4.74 Å². The molecule has 1 saturated heterocycles. The molecule has 0 radical (unpaired) electrons. The van der Waals surface area contributed by atoms with Crippen LogP contribution in [0.25, 0.3) is 0 Å². The van der Waals surface area contributed by atoms with Gasteiger partial charge in [-0.05, 0) is 50.3 Å². The van der Waals surface area contributed by atoms with E-state index in [2.05, 4.69) is 12.1 Å². The van der Waals surface area contributed by atoms with Crippen molar-refractivity contribution in [1.29, 1.82) is 0 Å². The standard InChI is InChI=1S/C19H27NO2/c1-14-12-20(13-15(2)22-14)19(21)18-10-8-17(9-11-18)16-6-4-3-5-7-16/h8-11,14-16H,3-7,12-13H2,1-2H3. The minimum Gasteiger partial charge on any atom is -0.372 e. The van der Waals surface area contributed by atoms with Crippen molar-refractivity contribution >= 4 is 5.91 Å². The zero-order valence-electron chi connectivity index (χ0n) is 13.8. The summed E-state index contributed by atoms with van der Waals surface area (Å²) in [5.74, 6) is 0.832. The Labute approximate surface area is 133 Å². The van der Waals surface area contributed by atoms with Gasteiger partial charge >= 0.3 is 0 Å². The summed E-state index contributed by atoms with van der Waals surface area (Å²) in [5, 5.41) is 0. The van der Waals surface area contributed by atoms with E-state index in [1.54, 1.807) is 0 Å². The number of nitrogens with zero attached hydrogens (tertiary/aromatic N) is 1. The van der Waals surface area contributed by atoms with Gasteiger partial charge in [0.25, 0.3) is 5.91 Å². The van der Waals surface area contributed by atoms with E-state index in [9.17, 15) is 4.79 Å². The Kier molecular flexibility index (Phi) is 4.82.